The van der Waals surface area contributed by atoms with Crippen LogP contribution in [0, 0.1) is 0 Å². The van der Waals surface area contributed by atoms with Crippen LogP contribution in [0.5, 0.6) is 0 Å². The average molecular weight is 227 g/mol. The van der Waals surface area contributed by atoms with Gasteiger partial charge in [-0.3, -0.25) is 0 Å². The van der Waals surface area contributed by atoms with E-state index in [0.29, 0.717) is 0 Å². The van der Waals surface area contributed by atoms with Crippen LogP contribution in [0.4, 0.5) is 0 Å². The Balaban J connectivity index is -0.0000000800. The summed E-state index contributed by atoms with van der Waals surface area (Å²) >= 11 is 0. The van der Waals surface area contributed by atoms with E-state index in [-0.39, 0.29) is 45.4 Å². The second-order valence-corrected chi connectivity index (χ2v) is 1.34. The van der Waals surface area contributed by atoms with Crippen molar-refractivity contribution in [3.8, 4) is 0 Å². The minimum absolute atomic E-state index is 0. The van der Waals surface area contributed by atoms with E-state index in [1.54, 1.807) is 0 Å². The normalized spacial score (nSPS) is 8.43. The van der Waals surface area contributed by atoms with Crippen LogP contribution in [0.1, 0.15) is 0 Å². The molecule has 0 radical (unpaired) electrons. The molecule has 0 unspecified atom stereocenters. The predicted octanol–water partition coefficient (Wildman–Crippen LogP) is -3.21. The third-order valence-corrected chi connectivity index (χ3v) is 0. The van der Waals surface area contributed by atoms with Gasteiger partial charge in [-0.2, -0.15) is 7.82 Å². The molecule has 0 aliphatic carbocycles. The Bertz CT molecular complexity index is 57.8. The molecule has 7 heavy (non-hydrogen) atoms. The Morgan fingerprint density at radius 2 is 1.14 bits per heavy atom. The topological polar surface area (TPSA) is 86.2 Å². The molecule has 0 aromatic carbocycles. The molecule has 0 saturated heterocycles. The zero-order valence-corrected chi connectivity index (χ0v) is 6.88. The molecule has 4 nitrogen and oxygen atoms in total. The first-order chi connectivity index (χ1) is 2.00. The molecule has 0 spiro atoms. The number of hydrogen-bond donors (Lipinski definition) is 0. The maximum atomic E-state index is 8.55. The minimum Gasteiger partial charge on any atom is -0.822 e. The Morgan fingerprint density at radius 3 is 1.14 bits per heavy atom. The van der Waals surface area contributed by atoms with Crippen molar-refractivity contribution in [2.45, 2.75) is 0 Å². The Labute approximate surface area is 72.2 Å². The van der Waals surface area contributed by atoms with E-state index in [0.717, 1.165) is 0 Å². The monoisotopic (exact) mass is 226 g/mol. The molecule has 0 rings (SSSR count). The average Bonchev–Trinajstić information content (AvgIpc) is 0.722. The summed E-state index contributed by atoms with van der Waals surface area (Å²) < 4.78 is 8.55. The van der Waals surface area contributed by atoms with Crippen LogP contribution in [0.25, 0.3) is 0 Å². The Kier molecular flexibility index (Phi) is 13.0. The molecule has 0 heterocycles. The van der Waals surface area contributed by atoms with E-state index in [4.69, 9.17) is 19.2 Å². The molecule has 0 atom stereocenters. The van der Waals surface area contributed by atoms with Gasteiger partial charge in [-0.05, 0) is 0 Å². The predicted molar refractivity (Wildman–Crippen MR) is 13.4 cm³/mol. The smallest absolute Gasteiger partial charge is 0.822 e. The molecule has 0 amide bonds. The first-order valence-electron chi connectivity index (χ1n) is 0.730. The van der Waals surface area contributed by atoms with E-state index in [1.807, 2.05) is 0 Å². The molecule has 0 aliphatic rings. The second-order valence-electron chi connectivity index (χ2n) is 0.447. The maximum Gasteiger partial charge on any atom is 2.00 e. The largest absolute Gasteiger partial charge is 2.00 e. The second kappa shape index (κ2) is 5.75. The van der Waals surface area contributed by atoms with Gasteiger partial charge in [-0.15, -0.1) is 0 Å². The quantitative estimate of drug-likeness (QED) is 0.322. The van der Waals surface area contributed by atoms with Crippen molar-refractivity contribution < 1.29 is 41.6 Å². The van der Waals surface area contributed by atoms with Crippen LogP contribution in [0.3, 0.4) is 0 Å². The zero-order chi connectivity index (χ0) is 4.50. The third-order valence-electron chi connectivity index (χ3n) is 0. The van der Waals surface area contributed by atoms with Gasteiger partial charge in [-0.1, -0.05) is 0 Å². The third kappa shape index (κ3) is 91.9. The van der Waals surface area contributed by atoms with Crippen LogP contribution in [-0.2, 0) is 26.9 Å². The number of phosphoric acid groups is 1. The molecule has 0 saturated carbocycles. The first kappa shape index (κ1) is 15.8. The standard InChI is InChI=1S/Ag.Mg.H3O4P/c;;1-5(2,3)4/h;;(H3,1,2,3,4)/q+1;+2;/p-3. The van der Waals surface area contributed by atoms with Gasteiger partial charge in [0.2, 0.25) is 0 Å². The Morgan fingerprint density at radius 1 is 1.14 bits per heavy atom. The van der Waals surface area contributed by atoms with Crippen LogP contribution in [-0.4, -0.2) is 23.1 Å². The van der Waals surface area contributed by atoms with Gasteiger partial charge in [0.15, 0.2) is 0 Å². The van der Waals surface area contributed by atoms with Crippen molar-refractivity contribution in [3.63, 3.8) is 0 Å². The first-order valence-corrected chi connectivity index (χ1v) is 2.19. The van der Waals surface area contributed by atoms with Crippen LogP contribution in [0.2, 0.25) is 0 Å². The van der Waals surface area contributed by atoms with E-state index in [9.17, 15) is 0 Å². The van der Waals surface area contributed by atoms with Gasteiger partial charge in [0.05, 0.1) is 0 Å². The molecule has 0 aromatic rings. The summed E-state index contributed by atoms with van der Waals surface area (Å²) in [7, 11) is -5.39. The van der Waals surface area contributed by atoms with Crippen molar-refractivity contribution in [1.82, 2.24) is 0 Å². The SMILES string of the molecule is O=P([O-])([O-])[O-].[Ag+].[Mg+2]. The van der Waals surface area contributed by atoms with Gasteiger partial charge in [0.1, 0.15) is 0 Å². The van der Waals surface area contributed by atoms with Crippen LogP contribution < -0.4 is 14.7 Å². The molecule has 7 heteroatoms. The van der Waals surface area contributed by atoms with Crippen molar-refractivity contribution in [3.05, 3.63) is 0 Å². The van der Waals surface area contributed by atoms with Gasteiger partial charge < -0.3 is 19.2 Å². The summed E-state index contributed by atoms with van der Waals surface area (Å²) in [6.07, 6.45) is 0. The van der Waals surface area contributed by atoms with E-state index < -0.39 is 7.82 Å². The summed E-state index contributed by atoms with van der Waals surface area (Å²) in [6.45, 7) is 0. The minimum atomic E-state index is -5.39. The van der Waals surface area contributed by atoms with Gasteiger partial charge in [0, 0.05) is 0 Å². The summed E-state index contributed by atoms with van der Waals surface area (Å²) in [4.78, 5) is 25.6. The summed E-state index contributed by atoms with van der Waals surface area (Å²) in [6, 6.07) is 0. The van der Waals surface area contributed by atoms with Crippen molar-refractivity contribution in [2.75, 3.05) is 0 Å². The van der Waals surface area contributed by atoms with Gasteiger partial charge >= 0.3 is 45.4 Å². The molecule has 0 bridgehead atoms. The summed E-state index contributed by atoms with van der Waals surface area (Å²) in [5, 5.41) is 0. The molecule has 0 aliphatic heterocycles. The summed E-state index contributed by atoms with van der Waals surface area (Å²) in [5.41, 5.74) is 0. The van der Waals surface area contributed by atoms with Crippen molar-refractivity contribution in [1.29, 1.82) is 0 Å². The van der Waals surface area contributed by atoms with Crippen LogP contribution >= 0.6 is 7.82 Å². The molecule has 0 N–H and O–H groups in total. The van der Waals surface area contributed by atoms with Gasteiger partial charge in [-0.25, -0.2) is 0 Å². The van der Waals surface area contributed by atoms with E-state index in [2.05, 4.69) is 0 Å². The fraction of sp³-hybridized carbons (Fsp3) is 0. The number of rotatable bonds is 0. The molecule has 0 aromatic heterocycles. The molecule has 42 valence electrons. The van der Waals surface area contributed by atoms with E-state index >= 15 is 0 Å². The van der Waals surface area contributed by atoms with Crippen LogP contribution in [0.15, 0.2) is 0 Å². The molecule has 0 fully saturated rings. The van der Waals surface area contributed by atoms with Crippen molar-refractivity contribution in [2.24, 2.45) is 0 Å². The van der Waals surface area contributed by atoms with E-state index in [1.165, 1.54) is 0 Å². The fourth-order valence-electron chi connectivity index (χ4n) is 0. The summed E-state index contributed by atoms with van der Waals surface area (Å²) in [5.74, 6) is 0. The van der Waals surface area contributed by atoms with Crippen molar-refractivity contribution >= 4 is 30.9 Å². The molecular weight excluding hydrogens is 227 g/mol. The fourth-order valence-corrected chi connectivity index (χ4v) is 0. The zero-order valence-electron chi connectivity index (χ0n) is 3.09. The number of hydrogen-bond acceptors (Lipinski definition) is 4. The Hall–Kier alpha value is 1.62. The molecular formula is AgMgO4P. The van der Waals surface area contributed by atoms with Gasteiger partial charge in [0.25, 0.3) is 0 Å². The maximum absolute atomic E-state index is 8.55.